The molecule has 1 aliphatic heterocycles. The fourth-order valence-corrected chi connectivity index (χ4v) is 3.73. The second-order valence-electron chi connectivity index (χ2n) is 8.13. The predicted octanol–water partition coefficient (Wildman–Crippen LogP) is 1.59. The molecule has 0 aromatic carbocycles. The van der Waals surface area contributed by atoms with E-state index in [1.165, 1.54) is 0 Å². The van der Waals surface area contributed by atoms with E-state index in [2.05, 4.69) is 12.2 Å². The number of carbonyl (C=O) groups excluding carboxylic acids is 3. The second-order valence-corrected chi connectivity index (χ2v) is 8.13. The number of hydrogen-bond donors (Lipinski definition) is 4. The SMILES string of the molecule is CCCCC[C@H](CC(=O)NO)C(=O)N[C@@H](CC(C)C)C(=O)N1CCC[C@H]1CO. The van der Waals surface area contributed by atoms with Gasteiger partial charge in [0.15, 0.2) is 0 Å². The topological polar surface area (TPSA) is 119 Å². The van der Waals surface area contributed by atoms with Crippen LogP contribution in [0, 0.1) is 11.8 Å². The second kappa shape index (κ2) is 12.7. The normalized spacial score (nSPS) is 18.8. The molecule has 0 spiro atoms. The average molecular weight is 400 g/mol. The van der Waals surface area contributed by atoms with Crippen molar-refractivity contribution >= 4 is 17.7 Å². The zero-order valence-electron chi connectivity index (χ0n) is 17.4. The summed E-state index contributed by atoms with van der Waals surface area (Å²) in [6.45, 7) is 6.53. The van der Waals surface area contributed by atoms with Crippen molar-refractivity contribution in [2.75, 3.05) is 13.2 Å². The lowest BCUT2D eigenvalue weighted by atomic mass is 9.95. The summed E-state index contributed by atoms with van der Waals surface area (Å²) in [5, 5.41) is 21.2. The van der Waals surface area contributed by atoms with Crippen molar-refractivity contribution in [1.82, 2.24) is 15.7 Å². The van der Waals surface area contributed by atoms with Gasteiger partial charge in [0.25, 0.3) is 0 Å². The maximum Gasteiger partial charge on any atom is 0.245 e. The molecule has 0 unspecified atom stereocenters. The number of hydrogen-bond acceptors (Lipinski definition) is 5. The summed E-state index contributed by atoms with van der Waals surface area (Å²) in [7, 11) is 0. The number of unbranched alkanes of at least 4 members (excludes halogenated alkanes) is 2. The van der Waals surface area contributed by atoms with Gasteiger partial charge in [0.05, 0.1) is 12.6 Å². The number of aliphatic hydroxyl groups excluding tert-OH is 1. The van der Waals surface area contributed by atoms with Crippen LogP contribution >= 0.6 is 0 Å². The highest BCUT2D eigenvalue weighted by atomic mass is 16.5. The molecule has 1 heterocycles. The Balaban J connectivity index is 2.86. The van der Waals surface area contributed by atoms with Crippen LogP contribution in [0.1, 0.15) is 72.1 Å². The van der Waals surface area contributed by atoms with E-state index < -0.39 is 17.9 Å². The van der Waals surface area contributed by atoms with Gasteiger partial charge in [-0.2, -0.15) is 0 Å². The lowest BCUT2D eigenvalue weighted by Gasteiger charge is -2.30. The summed E-state index contributed by atoms with van der Waals surface area (Å²) in [6.07, 6.45) is 5.26. The number of nitrogens with one attached hydrogen (secondary N) is 2. The third-order valence-corrected chi connectivity index (χ3v) is 5.28. The van der Waals surface area contributed by atoms with Crippen LogP contribution in [0.15, 0.2) is 0 Å². The molecule has 1 fully saturated rings. The van der Waals surface area contributed by atoms with Crippen molar-refractivity contribution in [3.63, 3.8) is 0 Å². The van der Waals surface area contributed by atoms with E-state index in [1.54, 1.807) is 10.4 Å². The first-order valence-corrected chi connectivity index (χ1v) is 10.5. The van der Waals surface area contributed by atoms with Gasteiger partial charge in [0, 0.05) is 18.9 Å². The van der Waals surface area contributed by atoms with Gasteiger partial charge < -0.3 is 15.3 Å². The maximum atomic E-state index is 13.0. The van der Waals surface area contributed by atoms with Gasteiger partial charge in [-0.05, 0) is 31.6 Å². The minimum atomic E-state index is -0.675. The van der Waals surface area contributed by atoms with Gasteiger partial charge in [-0.1, -0.05) is 40.0 Å². The number of aliphatic hydroxyl groups is 1. The van der Waals surface area contributed by atoms with E-state index in [9.17, 15) is 19.5 Å². The van der Waals surface area contributed by atoms with Crippen LogP contribution in [0.3, 0.4) is 0 Å². The van der Waals surface area contributed by atoms with Gasteiger partial charge >= 0.3 is 0 Å². The van der Waals surface area contributed by atoms with Crippen molar-refractivity contribution in [2.24, 2.45) is 11.8 Å². The lowest BCUT2D eigenvalue weighted by Crippen LogP contribution is -2.52. The number of likely N-dealkylation sites (tertiary alicyclic amines) is 1. The number of amides is 3. The van der Waals surface area contributed by atoms with Crippen LogP contribution in [0.2, 0.25) is 0 Å². The molecule has 0 aliphatic carbocycles. The Morgan fingerprint density at radius 3 is 2.50 bits per heavy atom. The summed E-state index contributed by atoms with van der Waals surface area (Å²) < 4.78 is 0. The van der Waals surface area contributed by atoms with Crippen LogP contribution in [0.25, 0.3) is 0 Å². The smallest absolute Gasteiger partial charge is 0.245 e. The molecule has 1 saturated heterocycles. The molecule has 8 heteroatoms. The summed E-state index contributed by atoms with van der Waals surface area (Å²) in [4.78, 5) is 39.2. The van der Waals surface area contributed by atoms with Gasteiger partial charge in [0.2, 0.25) is 17.7 Å². The third kappa shape index (κ3) is 7.75. The highest BCUT2D eigenvalue weighted by molar-refractivity contribution is 5.90. The lowest BCUT2D eigenvalue weighted by molar-refractivity contribution is -0.140. The Bertz CT molecular complexity index is 512. The van der Waals surface area contributed by atoms with Crippen LogP contribution in [-0.4, -0.2) is 58.2 Å². The summed E-state index contributed by atoms with van der Waals surface area (Å²) in [5.74, 6) is -1.50. The molecule has 4 N–H and O–H groups in total. The number of rotatable bonds is 12. The molecular formula is C20H37N3O5. The quantitative estimate of drug-likeness (QED) is 0.226. The summed E-state index contributed by atoms with van der Waals surface area (Å²) in [5.41, 5.74) is 1.59. The molecule has 1 aliphatic rings. The van der Waals surface area contributed by atoms with Gasteiger partial charge in [-0.3, -0.25) is 19.6 Å². The standard InChI is InChI=1S/C20H37N3O5/c1-4-5-6-8-15(12-18(25)22-28)19(26)21-17(11-14(2)3)20(27)23-10-7-9-16(23)13-24/h14-17,24,28H,4-13H2,1-3H3,(H,21,26)(H,22,25)/t15-,16+,17+/m1/s1. The molecule has 8 nitrogen and oxygen atoms in total. The van der Waals surface area contributed by atoms with Crippen LogP contribution in [0.4, 0.5) is 0 Å². The molecule has 1 rings (SSSR count). The molecule has 3 atom stereocenters. The minimum Gasteiger partial charge on any atom is -0.394 e. The monoisotopic (exact) mass is 399 g/mol. The molecule has 0 saturated carbocycles. The molecule has 3 amide bonds. The van der Waals surface area contributed by atoms with E-state index >= 15 is 0 Å². The van der Waals surface area contributed by atoms with Gasteiger partial charge in [-0.15, -0.1) is 0 Å². The van der Waals surface area contributed by atoms with E-state index in [0.29, 0.717) is 19.4 Å². The molecule has 0 aromatic rings. The van der Waals surface area contributed by atoms with Gasteiger partial charge in [-0.25, -0.2) is 5.48 Å². The van der Waals surface area contributed by atoms with Crippen molar-refractivity contribution in [2.45, 2.75) is 84.2 Å². The first kappa shape index (κ1) is 24.4. The van der Waals surface area contributed by atoms with E-state index in [1.807, 2.05) is 13.8 Å². The minimum absolute atomic E-state index is 0.0790. The van der Waals surface area contributed by atoms with Crippen molar-refractivity contribution in [1.29, 1.82) is 0 Å². The summed E-state index contributed by atoms with van der Waals surface area (Å²) in [6, 6.07) is -0.870. The number of hydroxylamine groups is 1. The van der Waals surface area contributed by atoms with Crippen LogP contribution in [-0.2, 0) is 14.4 Å². The first-order valence-electron chi connectivity index (χ1n) is 10.5. The molecule has 0 bridgehead atoms. The Morgan fingerprint density at radius 1 is 1.21 bits per heavy atom. The molecule has 162 valence electrons. The molecule has 0 radical (unpaired) electrons. The van der Waals surface area contributed by atoms with E-state index in [-0.39, 0.29) is 36.8 Å². The van der Waals surface area contributed by atoms with Crippen molar-refractivity contribution < 1.29 is 24.7 Å². The first-order chi connectivity index (χ1) is 13.3. The zero-order chi connectivity index (χ0) is 21.1. The Hall–Kier alpha value is -1.67. The third-order valence-electron chi connectivity index (χ3n) is 5.28. The Morgan fingerprint density at radius 2 is 1.93 bits per heavy atom. The van der Waals surface area contributed by atoms with E-state index in [0.717, 1.165) is 32.1 Å². The molecule has 28 heavy (non-hydrogen) atoms. The fraction of sp³-hybridized carbons (Fsp3) is 0.850. The van der Waals surface area contributed by atoms with Crippen LogP contribution in [0.5, 0.6) is 0 Å². The van der Waals surface area contributed by atoms with Gasteiger partial charge in [0.1, 0.15) is 6.04 Å². The highest BCUT2D eigenvalue weighted by Gasteiger charge is 2.35. The Kier molecular flexibility index (Phi) is 11.1. The summed E-state index contributed by atoms with van der Waals surface area (Å²) >= 11 is 0. The zero-order valence-corrected chi connectivity index (χ0v) is 17.4. The van der Waals surface area contributed by atoms with Crippen LogP contribution < -0.4 is 10.8 Å². The Labute approximate surface area is 168 Å². The predicted molar refractivity (Wildman–Crippen MR) is 105 cm³/mol. The van der Waals surface area contributed by atoms with Crippen molar-refractivity contribution in [3.05, 3.63) is 0 Å². The number of carbonyl (C=O) groups is 3. The van der Waals surface area contributed by atoms with Crippen molar-refractivity contribution in [3.8, 4) is 0 Å². The highest BCUT2D eigenvalue weighted by Crippen LogP contribution is 2.21. The van der Waals surface area contributed by atoms with E-state index in [4.69, 9.17) is 5.21 Å². The number of nitrogens with zero attached hydrogens (tertiary/aromatic N) is 1. The average Bonchev–Trinajstić information content (AvgIpc) is 3.14. The molecular weight excluding hydrogens is 362 g/mol. The fourth-order valence-electron chi connectivity index (χ4n) is 3.73. The largest absolute Gasteiger partial charge is 0.394 e. The maximum absolute atomic E-state index is 13.0. The molecule has 0 aromatic heterocycles.